The second-order valence-corrected chi connectivity index (χ2v) is 5.47. The largest absolute Gasteiger partial charge is 0.416 e. The van der Waals surface area contributed by atoms with E-state index in [9.17, 15) is 17.6 Å². The van der Waals surface area contributed by atoms with Gasteiger partial charge in [0, 0.05) is 6.04 Å². The van der Waals surface area contributed by atoms with Crippen LogP contribution in [0.5, 0.6) is 0 Å². The Morgan fingerprint density at radius 2 is 1.86 bits per heavy atom. The fourth-order valence-corrected chi connectivity index (χ4v) is 2.66. The Morgan fingerprint density at radius 3 is 2.38 bits per heavy atom. The quantitative estimate of drug-likeness (QED) is 0.672. The zero-order valence-electron chi connectivity index (χ0n) is 12.7. The van der Waals surface area contributed by atoms with Crippen molar-refractivity contribution >= 4 is 0 Å². The molecule has 21 heavy (non-hydrogen) atoms. The van der Waals surface area contributed by atoms with E-state index in [1.807, 2.05) is 20.8 Å². The summed E-state index contributed by atoms with van der Waals surface area (Å²) in [6.07, 6.45) is -1.98. The molecule has 1 aromatic rings. The van der Waals surface area contributed by atoms with Gasteiger partial charge in [0.2, 0.25) is 0 Å². The molecule has 1 rings (SSSR count). The predicted octanol–water partition coefficient (Wildman–Crippen LogP) is 5.32. The second kappa shape index (κ2) is 7.78. The van der Waals surface area contributed by atoms with Crippen molar-refractivity contribution in [2.24, 2.45) is 5.92 Å². The van der Waals surface area contributed by atoms with Gasteiger partial charge >= 0.3 is 6.18 Å². The molecule has 2 unspecified atom stereocenters. The summed E-state index contributed by atoms with van der Waals surface area (Å²) in [6, 6.07) is 2.22. The number of alkyl halides is 3. The Labute approximate surface area is 123 Å². The van der Waals surface area contributed by atoms with Gasteiger partial charge < -0.3 is 5.32 Å². The van der Waals surface area contributed by atoms with Crippen molar-refractivity contribution in [2.75, 3.05) is 6.54 Å². The van der Waals surface area contributed by atoms with E-state index >= 15 is 0 Å². The van der Waals surface area contributed by atoms with Crippen molar-refractivity contribution in [3.05, 3.63) is 35.1 Å². The van der Waals surface area contributed by atoms with Crippen LogP contribution in [0.2, 0.25) is 0 Å². The van der Waals surface area contributed by atoms with Gasteiger partial charge in [0.1, 0.15) is 5.82 Å². The Balaban J connectivity index is 3.14. The number of hydrogen-bond acceptors (Lipinski definition) is 1. The van der Waals surface area contributed by atoms with Crippen LogP contribution in [-0.2, 0) is 6.18 Å². The van der Waals surface area contributed by atoms with E-state index < -0.39 is 23.6 Å². The molecule has 0 aliphatic heterocycles. The summed E-state index contributed by atoms with van der Waals surface area (Å²) in [6.45, 7) is 6.43. The fourth-order valence-electron chi connectivity index (χ4n) is 2.66. The van der Waals surface area contributed by atoms with E-state index in [1.54, 1.807) is 0 Å². The van der Waals surface area contributed by atoms with E-state index in [-0.39, 0.29) is 11.5 Å². The molecule has 0 saturated carbocycles. The van der Waals surface area contributed by atoms with Crippen LogP contribution in [0, 0.1) is 11.7 Å². The Kier molecular flexibility index (Phi) is 6.65. The van der Waals surface area contributed by atoms with E-state index in [2.05, 4.69) is 5.32 Å². The summed E-state index contributed by atoms with van der Waals surface area (Å²) >= 11 is 0. The summed E-state index contributed by atoms with van der Waals surface area (Å²) in [4.78, 5) is 0. The van der Waals surface area contributed by atoms with Crippen LogP contribution in [0.3, 0.4) is 0 Å². The van der Waals surface area contributed by atoms with Crippen LogP contribution in [-0.4, -0.2) is 6.54 Å². The first-order valence-corrected chi connectivity index (χ1v) is 7.39. The molecule has 0 spiro atoms. The predicted molar refractivity (Wildman–Crippen MR) is 76.5 cm³/mol. The number of rotatable bonds is 7. The monoisotopic (exact) mass is 305 g/mol. The zero-order chi connectivity index (χ0) is 16.0. The lowest BCUT2D eigenvalue weighted by Gasteiger charge is -2.25. The number of nitrogens with one attached hydrogen (secondary N) is 1. The normalized spacial score (nSPS) is 15.0. The van der Waals surface area contributed by atoms with Gasteiger partial charge in [0.05, 0.1) is 5.56 Å². The highest BCUT2D eigenvalue weighted by atomic mass is 19.4. The van der Waals surface area contributed by atoms with Gasteiger partial charge in [-0.15, -0.1) is 0 Å². The van der Waals surface area contributed by atoms with Gasteiger partial charge in [-0.3, -0.25) is 0 Å². The first kappa shape index (κ1) is 18.0. The van der Waals surface area contributed by atoms with Crippen LogP contribution in [0.25, 0.3) is 0 Å². The highest BCUT2D eigenvalue weighted by Crippen LogP contribution is 2.37. The van der Waals surface area contributed by atoms with Gasteiger partial charge in [0.25, 0.3) is 0 Å². The second-order valence-electron chi connectivity index (χ2n) is 5.47. The molecule has 0 aromatic heterocycles. The maximum Gasteiger partial charge on any atom is 0.416 e. The molecule has 2 atom stereocenters. The summed E-state index contributed by atoms with van der Waals surface area (Å²) in [7, 11) is 0. The molecule has 120 valence electrons. The topological polar surface area (TPSA) is 12.0 Å². The molecule has 0 saturated heterocycles. The van der Waals surface area contributed by atoms with Crippen molar-refractivity contribution in [2.45, 2.75) is 52.3 Å². The minimum absolute atomic E-state index is 0.00676. The smallest absolute Gasteiger partial charge is 0.310 e. The molecule has 5 heteroatoms. The van der Waals surface area contributed by atoms with E-state index in [0.717, 1.165) is 31.0 Å². The maximum atomic E-state index is 13.4. The first-order valence-electron chi connectivity index (χ1n) is 7.39. The van der Waals surface area contributed by atoms with E-state index in [1.165, 1.54) is 0 Å². The molecular weight excluding hydrogens is 282 g/mol. The van der Waals surface area contributed by atoms with Crippen molar-refractivity contribution in [3.63, 3.8) is 0 Å². The summed E-state index contributed by atoms with van der Waals surface area (Å²) in [5.74, 6) is -0.354. The molecule has 1 nitrogen and oxygen atoms in total. The zero-order valence-corrected chi connectivity index (χ0v) is 12.7. The lowest BCUT2D eigenvalue weighted by molar-refractivity contribution is -0.138. The highest BCUT2D eigenvalue weighted by molar-refractivity contribution is 5.33. The third-order valence-corrected chi connectivity index (χ3v) is 3.56. The summed E-state index contributed by atoms with van der Waals surface area (Å²) in [5, 5.41) is 3.06. The molecular formula is C16H23F4N. The van der Waals surface area contributed by atoms with Gasteiger partial charge in [-0.05, 0) is 42.6 Å². The minimum atomic E-state index is -4.47. The average molecular weight is 305 g/mol. The third-order valence-electron chi connectivity index (χ3n) is 3.56. The van der Waals surface area contributed by atoms with Crippen LogP contribution >= 0.6 is 0 Å². The van der Waals surface area contributed by atoms with Crippen molar-refractivity contribution in [3.8, 4) is 0 Å². The molecule has 1 N–H and O–H groups in total. The molecule has 1 aromatic carbocycles. The molecule has 0 radical (unpaired) electrons. The Hall–Kier alpha value is -1.10. The maximum absolute atomic E-state index is 13.4. The van der Waals surface area contributed by atoms with Crippen LogP contribution < -0.4 is 5.32 Å². The van der Waals surface area contributed by atoms with Crippen LogP contribution in [0.4, 0.5) is 17.6 Å². The Bertz CT molecular complexity index is 442. The average Bonchev–Trinajstić information content (AvgIpc) is 2.37. The van der Waals surface area contributed by atoms with Crippen molar-refractivity contribution in [1.29, 1.82) is 0 Å². The van der Waals surface area contributed by atoms with E-state index in [0.29, 0.717) is 13.0 Å². The minimum Gasteiger partial charge on any atom is -0.310 e. The lowest BCUT2D eigenvalue weighted by Crippen LogP contribution is -2.26. The third kappa shape index (κ3) is 5.30. The molecule has 0 heterocycles. The molecule has 0 amide bonds. The molecule has 0 bridgehead atoms. The first-order chi connectivity index (χ1) is 9.79. The van der Waals surface area contributed by atoms with Gasteiger partial charge in [-0.1, -0.05) is 33.6 Å². The van der Waals surface area contributed by atoms with Gasteiger partial charge in [-0.2, -0.15) is 13.2 Å². The number of halogens is 4. The van der Waals surface area contributed by atoms with Crippen molar-refractivity contribution < 1.29 is 17.6 Å². The lowest BCUT2D eigenvalue weighted by atomic mass is 9.90. The van der Waals surface area contributed by atoms with Gasteiger partial charge in [0.15, 0.2) is 0 Å². The summed E-state index contributed by atoms with van der Waals surface area (Å²) in [5.41, 5.74) is -0.745. The summed E-state index contributed by atoms with van der Waals surface area (Å²) < 4.78 is 52.8. The number of hydrogen-bond donors (Lipinski definition) is 1. The SMILES string of the molecule is CCCC(C)CC(NCC)c1cc(F)ccc1C(F)(F)F. The van der Waals surface area contributed by atoms with Crippen molar-refractivity contribution in [1.82, 2.24) is 5.32 Å². The Morgan fingerprint density at radius 1 is 1.19 bits per heavy atom. The molecule has 0 fully saturated rings. The van der Waals surface area contributed by atoms with Crippen LogP contribution in [0.1, 0.15) is 57.2 Å². The molecule has 0 aliphatic carbocycles. The molecule has 0 aliphatic rings. The van der Waals surface area contributed by atoms with Crippen LogP contribution in [0.15, 0.2) is 18.2 Å². The van der Waals surface area contributed by atoms with Gasteiger partial charge in [-0.25, -0.2) is 4.39 Å². The van der Waals surface area contributed by atoms with E-state index in [4.69, 9.17) is 0 Å². The standard InChI is InChI=1S/C16H23F4N/c1-4-6-11(3)9-15(21-5-2)13-10-12(17)7-8-14(13)16(18,19)20/h7-8,10-11,15,21H,4-6,9H2,1-3H3. The number of benzene rings is 1. The fraction of sp³-hybridized carbons (Fsp3) is 0.625. The highest BCUT2D eigenvalue weighted by Gasteiger charge is 2.35.